The Morgan fingerprint density at radius 1 is 0.681 bits per heavy atom. The number of aromatic hydroxyl groups is 1. The third kappa shape index (κ3) is 9.43. The second kappa shape index (κ2) is 19.4. The first-order valence-corrected chi connectivity index (χ1v) is 14.4. The van der Waals surface area contributed by atoms with Gasteiger partial charge in [0.25, 0.3) is 6.47 Å². The Labute approximate surface area is 367 Å². The first-order chi connectivity index (χ1) is 21.9. The Balaban J connectivity index is 0.000000284. The Kier molecular flexibility index (Phi) is 16.3. The molecule has 7 rings (SSSR count). The van der Waals surface area contributed by atoms with Gasteiger partial charge in [0.1, 0.15) is 22.7 Å². The number of halogens is 3. The van der Waals surface area contributed by atoms with Crippen molar-refractivity contribution in [2.75, 3.05) is 0 Å². The number of carbonyl (C=O) groups excluding carboxylic acids is 1. The second-order valence-corrected chi connectivity index (χ2v) is 10.4. The molecule has 0 aliphatic carbocycles. The summed E-state index contributed by atoms with van der Waals surface area (Å²) < 4.78 is 20.1. The maximum absolute atomic E-state index is 14.1. The maximum atomic E-state index is 14.1. The van der Waals surface area contributed by atoms with Crippen LogP contribution in [-0.4, -0.2) is 11.6 Å². The molecule has 5 nitrogen and oxygen atoms in total. The molecule has 0 atom stereocenters. The van der Waals surface area contributed by atoms with E-state index in [1.165, 1.54) is 6.07 Å². The summed E-state index contributed by atoms with van der Waals surface area (Å²) in [5.41, 5.74) is 6.08. The van der Waals surface area contributed by atoms with Gasteiger partial charge in [0, 0.05) is 33.0 Å². The minimum atomic E-state index is -0.456. The largest absolute Gasteiger partial charge is 1.00 e. The van der Waals surface area contributed by atoms with Gasteiger partial charge in [-0.2, -0.15) is 0 Å². The van der Waals surface area contributed by atoms with Gasteiger partial charge in [-0.25, -0.2) is 4.39 Å². The molecule has 0 aliphatic heterocycles. The number of hydrogen-bond donors (Lipinski definition) is 1. The molecule has 0 fully saturated rings. The van der Waals surface area contributed by atoms with E-state index in [-0.39, 0.29) is 127 Å². The maximum Gasteiger partial charge on any atom is 1.00 e. The molecule has 1 N–H and O–H groups in total. The van der Waals surface area contributed by atoms with Crippen molar-refractivity contribution < 1.29 is 133 Å². The molecular formula is C37H25Cl2FK2O5. The van der Waals surface area contributed by atoms with Gasteiger partial charge in [0.15, 0.2) is 0 Å². The normalized spacial score (nSPS) is 9.96. The first-order valence-electron chi connectivity index (χ1n) is 13.6. The number of benzene rings is 6. The Hall–Kier alpha value is -1.87. The third-order valence-corrected chi connectivity index (χ3v) is 7.58. The summed E-state index contributed by atoms with van der Waals surface area (Å²) in [7, 11) is 0. The number of furan rings is 1. The molecule has 0 radical (unpaired) electrons. The van der Waals surface area contributed by atoms with Gasteiger partial charge in [0.2, 0.25) is 0 Å². The third-order valence-electron chi connectivity index (χ3n) is 6.95. The van der Waals surface area contributed by atoms with Gasteiger partial charge in [0.05, 0.1) is 10.0 Å². The fraction of sp³-hybridized carbons (Fsp3) is 0. The Morgan fingerprint density at radius 2 is 1.19 bits per heavy atom. The number of phenolic OH excluding ortho intramolecular Hbond substituents is 1. The zero-order valence-corrected chi connectivity index (χ0v) is 33.3. The number of carbonyl (C=O) groups is 1. The molecule has 0 saturated carbocycles. The van der Waals surface area contributed by atoms with Crippen molar-refractivity contribution >= 4 is 51.6 Å². The fourth-order valence-electron chi connectivity index (χ4n) is 5.00. The van der Waals surface area contributed by atoms with Gasteiger partial charge >= 0.3 is 103 Å². The number of fused-ring (bicyclic) bond motifs is 3. The zero-order valence-electron chi connectivity index (χ0n) is 26.5. The molecule has 0 saturated heterocycles. The van der Waals surface area contributed by atoms with Crippen LogP contribution < -0.4 is 108 Å². The van der Waals surface area contributed by atoms with E-state index in [9.17, 15) is 9.50 Å². The van der Waals surface area contributed by atoms with Crippen LogP contribution in [0.1, 0.15) is 1.43 Å². The van der Waals surface area contributed by atoms with Crippen LogP contribution in [-0.2, 0) is 9.68 Å². The smallest absolute Gasteiger partial charge is 1.00 e. The molecule has 10 heteroatoms. The molecule has 0 bridgehead atoms. The van der Waals surface area contributed by atoms with Crippen molar-refractivity contribution in [2.45, 2.75) is 0 Å². The van der Waals surface area contributed by atoms with Crippen LogP contribution in [0.2, 0.25) is 10.0 Å². The second-order valence-electron chi connectivity index (χ2n) is 9.62. The zero-order chi connectivity index (χ0) is 31.8. The van der Waals surface area contributed by atoms with Gasteiger partial charge in [-0.05, 0) is 35.4 Å². The van der Waals surface area contributed by atoms with Crippen molar-refractivity contribution in [3.8, 4) is 39.1 Å². The average molecular weight is 718 g/mol. The molecule has 7 aromatic rings. The topological polar surface area (TPSA) is 82.7 Å². The molecule has 0 aliphatic rings. The molecule has 0 amide bonds. The summed E-state index contributed by atoms with van der Waals surface area (Å²) in [6.07, 6.45) is 0. The monoisotopic (exact) mass is 716 g/mol. The van der Waals surface area contributed by atoms with E-state index in [2.05, 4.69) is 29.2 Å². The molecule has 0 unspecified atom stereocenters. The molecular weight excluding hydrogens is 693 g/mol. The number of hydrogen-bond acceptors (Lipinski definition) is 5. The SMILES string of the molecule is Clc1cccc2oc3c(-c4ccccc4)cccc3c12.O=CO[O-].Oc1c(-c2ccccc2)cccc1-c1c(F)cccc1Cl.[H-].[K+].[K+]. The van der Waals surface area contributed by atoms with Crippen molar-refractivity contribution in [1.29, 1.82) is 0 Å². The van der Waals surface area contributed by atoms with E-state index in [1.807, 2.05) is 72.8 Å². The van der Waals surface area contributed by atoms with E-state index < -0.39 is 5.82 Å². The molecule has 47 heavy (non-hydrogen) atoms. The van der Waals surface area contributed by atoms with Crippen LogP contribution in [0.5, 0.6) is 5.75 Å². The van der Waals surface area contributed by atoms with Crippen LogP contribution >= 0.6 is 23.2 Å². The van der Waals surface area contributed by atoms with Crippen molar-refractivity contribution in [3.05, 3.63) is 149 Å². The molecule has 226 valence electrons. The van der Waals surface area contributed by atoms with E-state index in [4.69, 9.17) is 37.7 Å². The van der Waals surface area contributed by atoms with Gasteiger partial charge < -0.3 is 21.1 Å². The van der Waals surface area contributed by atoms with E-state index in [1.54, 1.807) is 30.3 Å². The van der Waals surface area contributed by atoms with Crippen molar-refractivity contribution in [3.63, 3.8) is 0 Å². The summed E-state index contributed by atoms with van der Waals surface area (Å²) >= 11 is 12.4. The van der Waals surface area contributed by atoms with Crippen LogP contribution in [0, 0.1) is 5.82 Å². The van der Waals surface area contributed by atoms with Crippen molar-refractivity contribution in [1.82, 2.24) is 0 Å². The number of phenols is 1. The van der Waals surface area contributed by atoms with E-state index in [0.717, 1.165) is 43.7 Å². The van der Waals surface area contributed by atoms with E-state index in [0.29, 0.717) is 11.1 Å². The fourth-order valence-corrected chi connectivity index (χ4v) is 5.53. The summed E-state index contributed by atoms with van der Waals surface area (Å²) in [5.74, 6) is -0.432. The van der Waals surface area contributed by atoms with Crippen LogP contribution in [0.3, 0.4) is 0 Å². The average Bonchev–Trinajstić information content (AvgIpc) is 3.47. The summed E-state index contributed by atoms with van der Waals surface area (Å²) in [6.45, 7) is -0.181. The standard InChI is InChI=1S/C18H12ClFO.C18H11ClO.CH2O3.2K.H/c19-15-10-5-11-16(20)17(15)14-9-4-8-13(18(14)21)12-6-2-1-3-7-12;19-15-10-5-11-16-17(15)14-9-4-8-13(18(14)20-16)12-6-2-1-3-7-12;2-1-4-3;;;/h1-11,21H;1-11H;1,3H;;;/q;;;2*+1;-1/p-1. The predicted octanol–water partition coefficient (Wildman–Crippen LogP) is 3.98. The quantitative estimate of drug-likeness (QED) is 0.129. The Bertz CT molecular complexity index is 2060. The minimum Gasteiger partial charge on any atom is -1.00 e. The first kappa shape index (κ1) is 39.6. The van der Waals surface area contributed by atoms with Gasteiger partial charge in [-0.15, -0.1) is 0 Å². The van der Waals surface area contributed by atoms with Crippen LogP contribution in [0.25, 0.3) is 55.3 Å². The number of rotatable bonds is 4. The molecule has 6 aromatic carbocycles. The molecule has 1 aromatic heterocycles. The van der Waals surface area contributed by atoms with E-state index >= 15 is 0 Å². The van der Waals surface area contributed by atoms with Crippen LogP contribution in [0.15, 0.2) is 138 Å². The van der Waals surface area contributed by atoms with Gasteiger partial charge in [-0.1, -0.05) is 132 Å². The van der Waals surface area contributed by atoms with Gasteiger partial charge in [-0.3, -0.25) is 4.79 Å². The van der Waals surface area contributed by atoms with Crippen molar-refractivity contribution in [2.24, 2.45) is 0 Å². The Morgan fingerprint density at radius 3 is 1.81 bits per heavy atom. The number of para-hydroxylation sites is 2. The minimum absolute atomic E-state index is 0. The summed E-state index contributed by atoms with van der Waals surface area (Å²) in [6, 6.07) is 41.4. The molecule has 0 spiro atoms. The van der Waals surface area contributed by atoms with Crippen LogP contribution in [0.4, 0.5) is 4.39 Å². The summed E-state index contributed by atoms with van der Waals surface area (Å²) in [4.78, 5) is 11.2. The molecule has 1 heterocycles. The summed E-state index contributed by atoms with van der Waals surface area (Å²) in [5, 5.41) is 22.0. The predicted molar refractivity (Wildman–Crippen MR) is 176 cm³/mol.